The average molecular weight is 331 g/mol. The van der Waals surface area contributed by atoms with Crippen LogP contribution in [0.25, 0.3) is 5.69 Å². The first kappa shape index (κ1) is 15.5. The second-order valence-electron chi connectivity index (χ2n) is 5.22. The SMILES string of the molecule is CN1C(=O)C(n2[nH]c(=O)n(-c3ccccc3)c2=O)C(=O)N(C)C1=O. The van der Waals surface area contributed by atoms with Gasteiger partial charge in [-0.05, 0) is 12.1 Å². The highest BCUT2D eigenvalue weighted by molar-refractivity contribution is 6.17. The Hall–Kier alpha value is -3.43. The van der Waals surface area contributed by atoms with Crippen LogP contribution in [0.15, 0.2) is 39.9 Å². The highest BCUT2D eigenvalue weighted by Crippen LogP contribution is 2.17. The first-order chi connectivity index (χ1) is 11.3. The molecule has 0 spiro atoms. The van der Waals surface area contributed by atoms with Crippen molar-refractivity contribution in [1.82, 2.24) is 24.1 Å². The van der Waals surface area contributed by atoms with E-state index in [0.29, 0.717) is 4.68 Å². The Morgan fingerprint density at radius 2 is 1.42 bits per heavy atom. The molecule has 3 rings (SSSR count). The fraction of sp³-hybridized carbons (Fsp3) is 0.214. The molecule has 0 radical (unpaired) electrons. The lowest BCUT2D eigenvalue weighted by molar-refractivity contribution is -0.147. The number of hydrogen-bond acceptors (Lipinski definition) is 5. The molecule has 1 N–H and O–H groups in total. The molecule has 1 aromatic carbocycles. The molecule has 1 aliphatic rings. The minimum Gasteiger partial charge on any atom is -0.271 e. The summed E-state index contributed by atoms with van der Waals surface area (Å²) >= 11 is 0. The molecular weight excluding hydrogens is 318 g/mol. The molecule has 1 aromatic heterocycles. The summed E-state index contributed by atoms with van der Waals surface area (Å²) in [5.41, 5.74) is -1.39. The van der Waals surface area contributed by atoms with Crippen LogP contribution in [-0.4, -0.2) is 56.1 Å². The number of benzene rings is 1. The minimum atomic E-state index is -1.64. The number of hydrogen-bond donors (Lipinski definition) is 1. The molecule has 10 nitrogen and oxygen atoms in total. The zero-order chi connectivity index (χ0) is 17.6. The highest BCUT2D eigenvalue weighted by atomic mass is 16.2. The highest BCUT2D eigenvalue weighted by Gasteiger charge is 2.45. The summed E-state index contributed by atoms with van der Waals surface area (Å²) in [6, 6.07) is 5.61. The number of nitrogens with one attached hydrogen (secondary N) is 1. The number of urea groups is 1. The van der Waals surface area contributed by atoms with Crippen LogP contribution in [0, 0.1) is 0 Å². The van der Waals surface area contributed by atoms with Crippen LogP contribution >= 0.6 is 0 Å². The lowest BCUT2D eigenvalue weighted by atomic mass is 10.2. The number of para-hydroxylation sites is 1. The molecule has 4 amide bonds. The van der Waals surface area contributed by atoms with E-state index in [-0.39, 0.29) is 5.69 Å². The van der Waals surface area contributed by atoms with Crippen LogP contribution < -0.4 is 11.4 Å². The topological polar surface area (TPSA) is 117 Å². The van der Waals surface area contributed by atoms with Gasteiger partial charge < -0.3 is 0 Å². The number of aromatic nitrogens is 3. The number of rotatable bonds is 2. The van der Waals surface area contributed by atoms with Crippen molar-refractivity contribution in [1.29, 1.82) is 0 Å². The van der Waals surface area contributed by atoms with Crippen molar-refractivity contribution < 1.29 is 14.4 Å². The Morgan fingerprint density at radius 1 is 0.875 bits per heavy atom. The number of likely N-dealkylation sites (N-methyl/N-ethyl adjacent to an activating group) is 2. The van der Waals surface area contributed by atoms with Crippen molar-refractivity contribution >= 4 is 17.8 Å². The largest absolute Gasteiger partial charge is 0.352 e. The van der Waals surface area contributed by atoms with Gasteiger partial charge >= 0.3 is 17.4 Å². The zero-order valence-corrected chi connectivity index (χ0v) is 12.8. The van der Waals surface area contributed by atoms with Gasteiger partial charge in [0.15, 0.2) is 0 Å². The molecule has 2 heterocycles. The van der Waals surface area contributed by atoms with Gasteiger partial charge in [-0.3, -0.25) is 19.4 Å². The number of nitrogens with zero attached hydrogens (tertiary/aromatic N) is 4. The van der Waals surface area contributed by atoms with Crippen LogP contribution in [0.4, 0.5) is 4.79 Å². The van der Waals surface area contributed by atoms with E-state index in [9.17, 15) is 24.0 Å². The Morgan fingerprint density at radius 3 is 1.96 bits per heavy atom. The molecule has 0 unspecified atom stereocenters. The van der Waals surface area contributed by atoms with Gasteiger partial charge in [0, 0.05) is 14.1 Å². The first-order valence-corrected chi connectivity index (χ1v) is 6.92. The third kappa shape index (κ3) is 2.07. The third-order valence-electron chi connectivity index (χ3n) is 3.79. The maximum atomic E-state index is 12.5. The van der Waals surface area contributed by atoms with Crippen LogP contribution in [-0.2, 0) is 9.59 Å². The predicted octanol–water partition coefficient (Wildman–Crippen LogP) is -1.08. The molecule has 124 valence electrons. The van der Waals surface area contributed by atoms with Crippen molar-refractivity contribution in [2.24, 2.45) is 0 Å². The summed E-state index contributed by atoms with van der Waals surface area (Å²) in [6.07, 6.45) is 0. The van der Waals surface area contributed by atoms with Crippen LogP contribution in [0.1, 0.15) is 6.04 Å². The maximum Gasteiger partial charge on any atom is 0.352 e. The van der Waals surface area contributed by atoms with E-state index in [1.807, 2.05) is 0 Å². The van der Waals surface area contributed by atoms with E-state index in [1.54, 1.807) is 18.2 Å². The van der Waals surface area contributed by atoms with E-state index in [1.165, 1.54) is 26.2 Å². The Kier molecular flexibility index (Phi) is 3.44. The molecule has 24 heavy (non-hydrogen) atoms. The van der Waals surface area contributed by atoms with Crippen LogP contribution in [0.3, 0.4) is 0 Å². The van der Waals surface area contributed by atoms with E-state index in [4.69, 9.17) is 0 Å². The Balaban J connectivity index is 2.16. The standard InChI is InChI=1S/C14H13N5O5/c1-16-10(20)9(11(21)17(2)13(16)23)19-14(24)18(12(22)15-19)8-6-4-3-5-7-8/h3-7,9H,1-2H3,(H,15,22). The summed E-state index contributed by atoms with van der Waals surface area (Å²) in [4.78, 5) is 62.4. The van der Waals surface area contributed by atoms with E-state index in [2.05, 4.69) is 5.10 Å². The fourth-order valence-electron chi connectivity index (χ4n) is 2.48. The molecule has 1 aliphatic heterocycles. The van der Waals surface area contributed by atoms with E-state index in [0.717, 1.165) is 14.4 Å². The summed E-state index contributed by atoms with van der Waals surface area (Å²) in [5.74, 6) is -1.79. The molecule has 0 aliphatic carbocycles. The summed E-state index contributed by atoms with van der Waals surface area (Å²) < 4.78 is 1.44. The van der Waals surface area contributed by atoms with Crippen molar-refractivity contribution in [2.45, 2.75) is 6.04 Å². The molecule has 0 bridgehead atoms. The van der Waals surface area contributed by atoms with E-state index < -0.39 is 35.3 Å². The van der Waals surface area contributed by atoms with Gasteiger partial charge in [-0.1, -0.05) is 18.2 Å². The van der Waals surface area contributed by atoms with Gasteiger partial charge in [0.2, 0.25) is 6.04 Å². The lowest BCUT2D eigenvalue weighted by Gasteiger charge is -2.32. The monoisotopic (exact) mass is 331 g/mol. The van der Waals surface area contributed by atoms with Gasteiger partial charge in [0.25, 0.3) is 11.8 Å². The normalized spacial score (nSPS) is 16.2. The number of carbonyl (C=O) groups excluding carboxylic acids is 3. The predicted molar refractivity (Wildman–Crippen MR) is 80.6 cm³/mol. The number of carbonyl (C=O) groups is 3. The number of imide groups is 2. The Bertz CT molecular complexity index is 930. The minimum absolute atomic E-state index is 0.288. The van der Waals surface area contributed by atoms with Crippen molar-refractivity contribution in [3.63, 3.8) is 0 Å². The summed E-state index contributed by atoms with van der Waals surface area (Å²) in [6.45, 7) is 0. The molecule has 1 saturated heterocycles. The Labute approximate surface area is 134 Å². The first-order valence-electron chi connectivity index (χ1n) is 6.92. The molecular formula is C14H13N5O5. The van der Waals surface area contributed by atoms with Gasteiger partial charge in [-0.15, -0.1) is 0 Å². The quantitative estimate of drug-likeness (QED) is 0.702. The third-order valence-corrected chi connectivity index (χ3v) is 3.79. The zero-order valence-electron chi connectivity index (χ0n) is 12.8. The second kappa shape index (κ2) is 5.33. The lowest BCUT2D eigenvalue weighted by Crippen LogP contribution is -2.58. The summed E-state index contributed by atoms with van der Waals surface area (Å²) in [7, 11) is 2.38. The van der Waals surface area contributed by atoms with Crippen LogP contribution in [0.2, 0.25) is 0 Å². The second-order valence-corrected chi connectivity index (χ2v) is 5.22. The van der Waals surface area contributed by atoms with Crippen molar-refractivity contribution in [3.8, 4) is 5.69 Å². The van der Waals surface area contributed by atoms with Crippen molar-refractivity contribution in [2.75, 3.05) is 14.1 Å². The van der Waals surface area contributed by atoms with Crippen LogP contribution in [0.5, 0.6) is 0 Å². The molecule has 10 heteroatoms. The average Bonchev–Trinajstić information content (AvgIpc) is 2.86. The number of aromatic amines is 1. The van der Waals surface area contributed by atoms with Gasteiger partial charge in [0.05, 0.1) is 5.69 Å². The van der Waals surface area contributed by atoms with E-state index >= 15 is 0 Å². The van der Waals surface area contributed by atoms with Gasteiger partial charge in [0.1, 0.15) is 0 Å². The van der Waals surface area contributed by atoms with Gasteiger partial charge in [-0.2, -0.15) is 0 Å². The maximum absolute atomic E-state index is 12.5. The molecule has 0 saturated carbocycles. The molecule has 0 atom stereocenters. The fourth-order valence-corrected chi connectivity index (χ4v) is 2.48. The molecule has 1 fully saturated rings. The van der Waals surface area contributed by atoms with Gasteiger partial charge in [-0.25, -0.2) is 28.7 Å². The smallest absolute Gasteiger partial charge is 0.271 e. The number of H-pyrrole nitrogens is 1. The van der Waals surface area contributed by atoms with Crippen molar-refractivity contribution in [3.05, 3.63) is 51.3 Å². The number of amides is 4. The number of barbiturate groups is 1. The molecule has 2 aromatic rings. The summed E-state index contributed by atoms with van der Waals surface area (Å²) in [5, 5.41) is 2.20.